The van der Waals surface area contributed by atoms with E-state index in [4.69, 9.17) is 4.74 Å². The van der Waals surface area contributed by atoms with E-state index in [1.54, 1.807) is 0 Å². The van der Waals surface area contributed by atoms with Crippen LogP contribution in [-0.4, -0.2) is 22.2 Å². The second-order valence-electron chi connectivity index (χ2n) is 5.61. The number of aromatic carboxylic acids is 2. The van der Waals surface area contributed by atoms with E-state index in [1.807, 2.05) is 60.7 Å². The van der Waals surface area contributed by atoms with Gasteiger partial charge in [0.2, 0.25) is 0 Å². The highest BCUT2D eigenvalue weighted by molar-refractivity contribution is 6.03. The van der Waals surface area contributed by atoms with Gasteiger partial charge in [0.05, 0.1) is 5.56 Å². The van der Waals surface area contributed by atoms with Crippen LogP contribution in [0, 0.1) is 0 Å². The maximum Gasteiger partial charge on any atom is 0.340 e. The molecule has 5 heteroatoms. The molecular formula is C21H16O5. The molecule has 0 aliphatic carbocycles. The van der Waals surface area contributed by atoms with E-state index in [2.05, 4.69) is 0 Å². The molecular weight excluding hydrogens is 332 g/mol. The molecule has 0 unspecified atom stereocenters. The minimum absolute atomic E-state index is 0.00936. The van der Waals surface area contributed by atoms with Gasteiger partial charge in [-0.05, 0) is 23.3 Å². The van der Waals surface area contributed by atoms with Crippen LogP contribution < -0.4 is 4.74 Å². The minimum atomic E-state index is -1.35. The van der Waals surface area contributed by atoms with Crippen LogP contribution in [0.1, 0.15) is 37.9 Å². The summed E-state index contributed by atoms with van der Waals surface area (Å²) < 4.78 is 6.03. The summed E-state index contributed by atoms with van der Waals surface area (Å²) in [6.07, 6.45) is -0.570. The van der Waals surface area contributed by atoms with Crippen molar-refractivity contribution in [3.05, 3.63) is 101 Å². The zero-order valence-electron chi connectivity index (χ0n) is 13.7. The number of ether oxygens (including phenoxy) is 1. The van der Waals surface area contributed by atoms with Gasteiger partial charge in [-0.2, -0.15) is 0 Å². The number of hydrogen-bond acceptors (Lipinski definition) is 3. The lowest BCUT2D eigenvalue weighted by Crippen LogP contribution is -2.15. The van der Waals surface area contributed by atoms with Gasteiger partial charge in [-0.1, -0.05) is 66.7 Å². The topological polar surface area (TPSA) is 83.8 Å². The number of benzene rings is 3. The van der Waals surface area contributed by atoms with Crippen LogP contribution >= 0.6 is 0 Å². The normalized spacial score (nSPS) is 10.5. The lowest BCUT2D eigenvalue weighted by atomic mass is 10.0. The SMILES string of the molecule is O=C(O)c1cccc(OC(c2ccccc2)c2ccccc2)c1C(=O)O. The van der Waals surface area contributed by atoms with Crippen molar-refractivity contribution in [1.29, 1.82) is 0 Å². The predicted octanol–water partition coefficient (Wildman–Crippen LogP) is 4.25. The van der Waals surface area contributed by atoms with Gasteiger partial charge in [0, 0.05) is 0 Å². The molecule has 0 aliphatic rings. The Bertz CT molecular complexity index is 880. The van der Waals surface area contributed by atoms with Crippen LogP contribution in [0.2, 0.25) is 0 Å². The van der Waals surface area contributed by atoms with E-state index < -0.39 is 18.0 Å². The van der Waals surface area contributed by atoms with Gasteiger partial charge in [0.25, 0.3) is 0 Å². The summed E-state index contributed by atoms with van der Waals surface area (Å²) in [6, 6.07) is 22.9. The molecule has 0 atom stereocenters. The van der Waals surface area contributed by atoms with Gasteiger partial charge < -0.3 is 14.9 Å². The van der Waals surface area contributed by atoms with Gasteiger partial charge in [-0.25, -0.2) is 9.59 Å². The lowest BCUT2D eigenvalue weighted by molar-refractivity contribution is 0.0645. The average Bonchev–Trinajstić information content (AvgIpc) is 2.67. The first-order valence-electron chi connectivity index (χ1n) is 7.94. The molecule has 3 aromatic rings. The van der Waals surface area contributed by atoms with E-state index >= 15 is 0 Å². The smallest absolute Gasteiger partial charge is 0.340 e. The Morgan fingerprint density at radius 2 is 1.23 bits per heavy atom. The molecule has 0 saturated heterocycles. The molecule has 3 aromatic carbocycles. The van der Waals surface area contributed by atoms with Crippen molar-refractivity contribution in [2.24, 2.45) is 0 Å². The zero-order valence-corrected chi connectivity index (χ0v) is 13.7. The van der Waals surface area contributed by atoms with Gasteiger partial charge >= 0.3 is 11.9 Å². The summed E-state index contributed by atoms with van der Waals surface area (Å²) in [6.45, 7) is 0. The third-order valence-corrected chi connectivity index (χ3v) is 3.92. The van der Waals surface area contributed by atoms with E-state index in [-0.39, 0.29) is 16.9 Å². The van der Waals surface area contributed by atoms with Crippen molar-refractivity contribution in [3.63, 3.8) is 0 Å². The fraction of sp³-hybridized carbons (Fsp3) is 0.0476. The highest BCUT2D eigenvalue weighted by atomic mass is 16.5. The quantitative estimate of drug-likeness (QED) is 0.696. The Morgan fingerprint density at radius 1 is 0.692 bits per heavy atom. The first kappa shape index (κ1) is 17.2. The fourth-order valence-corrected chi connectivity index (χ4v) is 2.74. The molecule has 5 nitrogen and oxygen atoms in total. The molecule has 0 radical (unpaired) electrons. The molecule has 0 saturated carbocycles. The van der Waals surface area contributed by atoms with Gasteiger partial charge in [-0.15, -0.1) is 0 Å². The highest BCUT2D eigenvalue weighted by Crippen LogP contribution is 2.32. The Labute approximate surface area is 150 Å². The number of rotatable bonds is 6. The first-order valence-corrected chi connectivity index (χ1v) is 7.94. The molecule has 0 spiro atoms. The fourth-order valence-electron chi connectivity index (χ4n) is 2.74. The molecule has 0 aromatic heterocycles. The lowest BCUT2D eigenvalue weighted by Gasteiger charge is -2.21. The molecule has 130 valence electrons. The molecule has 2 N–H and O–H groups in total. The van der Waals surface area contributed by atoms with E-state index in [0.717, 1.165) is 11.1 Å². The monoisotopic (exact) mass is 348 g/mol. The summed E-state index contributed by atoms with van der Waals surface area (Å²) in [7, 11) is 0. The standard InChI is InChI=1S/C21H16O5/c22-20(23)16-12-7-13-17(18(16)21(24)25)26-19(14-8-3-1-4-9-14)15-10-5-2-6-11-15/h1-13,19H,(H,22,23)(H,24,25). The largest absolute Gasteiger partial charge is 0.480 e. The minimum Gasteiger partial charge on any atom is -0.480 e. The van der Waals surface area contributed by atoms with E-state index in [1.165, 1.54) is 18.2 Å². The Morgan fingerprint density at radius 3 is 1.69 bits per heavy atom. The van der Waals surface area contributed by atoms with Crippen LogP contribution in [0.25, 0.3) is 0 Å². The summed E-state index contributed by atoms with van der Waals surface area (Å²) in [5, 5.41) is 18.8. The Kier molecular flexibility index (Phi) is 4.99. The van der Waals surface area contributed by atoms with Crippen LogP contribution in [-0.2, 0) is 0 Å². The van der Waals surface area contributed by atoms with Crippen molar-refractivity contribution >= 4 is 11.9 Å². The van der Waals surface area contributed by atoms with Gasteiger partial charge in [0.1, 0.15) is 17.4 Å². The molecule has 0 fully saturated rings. The molecule has 0 amide bonds. The predicted molar refractivity (Wildman–Crippen MR) is 95.7 cm³/mol. The maximum absolute atomic E-state index is 11.7. The van der Waals surface area contributed by atoms with Gasteiger partial charge in [-0.3, -0.25) is 0 Å². The van der Waals surface area contributed by atoms with Crippen LogP contribution in [0.5, 0.6) is 5.75 Å². The summed E-state index contributed by atoms with van der Waals surface area (Å²) in [5.41, 5.74) is 0.985. The van der Waals surface area contributed by atoms with E-state index in [0.29, 0.717) is 0 Å². The number of carbonyl (C=O) groups is 2. The third kappa shape index (κ3) is 3.57. The summed E-state index contributed by atoms with van der Waals surface area (Å²) in [5.74, 6) is -2.66. The molecule has 0 bridgehead atoms. The molecule has 0 aliphatic heterocycles. The molecule has 26 heavy (non-hydrogen) atoms. The zero-order chi connectivity index (χ0) is 18.5. The van der Waals surface area contributed by atoms with Gasteiger partial charge in [0.15, 0.2) is 0 Å². The number of carboxylic acids is 2. The Balaban J connectivity index is 2.10. The summed E-state index contributed by atoms with van der Waals surface area (Å²) >= 11 is 0. The van der Waals surface area contributed by atoms with Crippen molar-refractivity contribution in [2.75, 3.05) is 0 Å². The van der Waals surface area contributed by atoms with Crippen molar-refractivity contribution in [2.45, 2.75) is 6.10 Å². The maximum atomic E-state index is 11.7. The van der Waals surface area contributed by atoms with Crippen LogP contribution in [0.4, 0.5) is 0 Å². The second-order valence-corrected chi connectivity index (χ2v) is 5.61. The first-order chi connectivity index (χ1) is 12.6. The summed E-state index contributed by atoms with van der Waals surface area (Å²) in [4.78, 5) is 23.0. The second kappa shape index (κ2) is 7.53. The average molecular weight is 348 g/mol. The van der Waals surface area contributed by atoms with E-state index in [9.17, 15) is 19.8 Å². The number of hydrogen-bond donors (Lipinski definition) is 2. The van der Waals surface area contributed by atoms with Crippen LogP contribution in [0.3, 0.4) is 0 Å². The Hall–Kier alpha value is -3.60. The van der Waals surface area contributed by atoms with Crippen molar-refractivity contribution in [3.8, 4) is 5.75 Å². The highest BCUT2D eigenvalue weighted by Gasteiger charge is 2.24. The van der Waals surface area contributed by atoms with Crippen LogP contribution in [0.15, 0.2) is 78.9 Å². The molecule has 0 heterocycles. The number of carboxylic acid groups (broad SMARTS) is 2. The molecule has 3 rings (SSSR count). The van der Waals surface area contributed by atoms with Crippen molar-refractivity contribution in [1.82, 2.24) is 0 Å². The van der Waals surface area contributed by atoms with Crippen molar-refractivity contribution < 1.29 is 24.5 Å². The third-order valence-electron chi connectivity index (χ3n) is 3.92.